The van der Waals surface area contributed by atoms with Crippen LogP contribution in [0.1, 0.15) is 11.4 Å². The molecule has 0 aliphatic heterocycles. The standard InChI is InChI=1S/C20H15F4N5/c1-10-26-16-6-13(22)14(23)7-17(16)29(10)18-8-15(25)19(24)20(28-18)27-12-4-2-11(9-21)3-5-12/h2-8H,9H2,1H3,(H3,25,27,28). The molecule has 5 nitrogen and oxygen atoms in total. The van der Waals surface area contributed by atoms with Crippen molar-refractivity contribution in [1.29, 1.82) is 0 Å². The van der Waals surface area contributed by atoms with Gasteiger partial charge < -0.3 is 11.1 Å². The number of imidazole rings is 1. The fourth-order valence-corrected chi connectivity index (χ4v) is 3.03. The molecule has 0 aliphatic carbocycles. The van der Waals surface area contributed by atoms with Gasteiger partial charge in [-0.25, -0.2) is 27.5 Å². The average Bonchev–Trinajstić information content (AvgIpc) is 3.01. The summed E-state index contributed by atoms with van der Waals surface area (Å²) in [7, 11) is 0. The number of benzene rings is 2. The molecular formula is C20H15F4N5. The molecule has 0 saturated carbocycles. The second-order valence-electron chi connectivity index (χ2n) is 6.44. The Morgan fingerprint density at radius 2 is 1.69 bits per heavy atom. The van der Waals surface area contributed by atoms with E-state index in [1.807, 2.05) is 0 Å². The van der Waals surface area contributed by atoms with Crippen molar-refractivity contribution >= 4 is 28.2 Å². The summed E-state index contributed by atoms with van der Waals surface area (Å²) in [6.45, 7) is 1.01. The normalized spacial score (nSPS) is 11.2. The van der Waals surface area contributed by atoms with Crippen LogP contribution in [0.25, 0.3) is 16.9 Å². The number of nitrogens with one attached hydrogen (secondary N) is 1. The van der Waals surface area contributed by atoms with Crippen LogP contribution >= 0.6 is 0 Å². The van der Waals surface area contributed by atoms with E-state index in [9.17, 15) is 17.6 Å². The summed E-state index contributed by atoms with van der Waals surface area (Å²) < 4.78 is 55.9. The van der Waals surface area contributed by atoms with Crippen LogP contribution in [-0.4, -0.2) is 14.5 Å². The number of aromatic nitrogens is 3. The third-order valence-corrected chi connectivity index (χ3v) is 4.44. The Hall–Kier alpha value is -3.62. The van der Waals surface area contributed by atoms with Gasteiger partial charge in [-0.3, -0.25) is 4.57 Å². The van der Waals surface area contributed by atoms with Crippen LogP contribution < -0.4 is 11.1 Å². The van der Waals surface area contributed by atoms with Crippen LogP contribution in [0.15, 0.2) is 42.5 Å². The molecule has 0 unspecified atom stereocenters. The Labute approximate surface area is 162 Å². The van der Waals surface area contributed by atoms with E-state index < -0.39 is 24.1 Å². The zero-order valence-corrected chi connectivity index (χ0v) is 15.2. The van der Waals surface area contributed by atoms with Gasteiger partial charge in [0.15, 0.2) is 23.3 Å². The molecule has 4 aromatic rings. The summed E-state index contributed by atoms with van der Waals surface area (Å²) >= 11 is 0. The maximum Gasteiger partial charge on any atom is 0.188 e. The Bertz CT molecular complexity index is 1220. The van der Waals surface area contributed by atoms with E-state index in [1.54, 1.807) is 31.2 Å². The molecule has 0 fully saturated rings. The lowest BCUT2D eigenvalue weighted by Gasteiger charge is -2.13. The van der Waals surface area contributed by atoms with E-state index >= 15 is 0 Å². The fraction of sp³-hybridized carbons (Fsp3) is 0.100. The molecule has 2 aromatic carbocycles. The second-order valence-corrected chi connectivity index (χ2v) is 6.44. The summed E-state index contributed by atoms with van der Waals surface area (Å²) in [6, 6.07) is 9.52. The van der Waals surface area contributed by atoms with Crippen molar-refractivity contribution in [2.24, 2.45) is 0 Å². The van der Waals surface area contributed by atoms with Crippen molar-refractivity contribution in [1.82, 2.24) is 14.5 Å². The molecular weight excluding hydrogens is 386 g/mol. The fourth-order valence-electron chi connectivity index (χ4n) is 3.03. The molecule has 0 bridgehead atoms. The lowest BCUT2D eigenvalue weighted by molar-refractivity contribution is 0.485. The summed E-state index contributed by atoms with van der Waals surface area (Å²) in [5.74, 6) is -2.44. The predicted octanol–water partition coefficient (Wildman–Crippen LogP) is 4.94. The number of halogens is 4. The second kappa shape index (κ2) is 7.08. The minimum Gasteiger partial charge on any atom is -0.396 e. The van der Waals surface area contributed by atoms with Crippen molar-refractivity contribution < 1.29 is 17.6 Å². The smallest absolute Gasteiger partial charge is 0.188 e. The Balaban J connectivity index is 1.82. The van der Waals surface area contributed by atoms with E-state index in [-0.39, 0.29) is 28.4 Å². The van der Waals surface area contributed by atoms with E-state index in [4.69, 9.17) is 5.73 Å². The first kappa shape index (κ1) is 18.7. The predicted molar refractivity (Wildman–Crippen MR) is 102 cm³/mol. The molecule has 2 heterocycles. The van der Waals surface area contributed by atoms with Gasteiger partial charge in [0.25, 0.3) is 0 Å². The number of nitrogen functional groups attached to an aromatic ring is 1. The van der Waals surface area contributed by atoms with Crippen LogP contribution in [0.3, 0.4) is 0 Å². The molecule has 0 amide bonds. The van der Waals surface area contributed by atoms with Crippen molar-refractivity contribution in [2.45, 2.75) is 13.6 Å². The van der Waals surface area contributed by atoms with Gasteiger partial charge in [-0.2, -0.15) is 0 Å². The average molecular weight is 401 g/mol. The molecule has 2 aromatic heterocycles. The third-order valence-electron chi connectivity index (χ3n) is 4.44. The van der Waals surface area contributed by atoms with Gasteiger partial charge in [-0.05, 0) is 24.6 Å². The number of hydrogen-bond donors (Lipinski definition) is 2. The number of aryl methyl sites for hydroxylation is 1. The zero-order valence-electron chi connectivity index (χ0n) is 15.2. The minimum atomic E-state index is -1.04. The van der Waals surface area contributed by atoms with E-state index in [1.165, 1.54) is 10.6 Å². The SMILES string of the molecule is Cc1nc2cc(F)c(F)cc2n1-c1cc(N)c(F)c(Nc2ccc(CF)cc2)n1. The molecule has 0 saturated heterocycles. The number of alkyl halides is 1. The summed E-state index contributed by atoms with van der Waals surface area (Å²) in [5, 5.41) is 2.80. The van der Waals surface area contributed by atoms with E-state index in [2.05, 4.69) is 15.3 Å². The number of nitrogens with two attached hydrogens (primary N) is 1. The van der Waals surface area contributed by atoms with Crippen molar-refractivity contribution in [3.05, 3.63) is 71.3 Å². The highest BCUT2D eigenvalue weighted by Crippen LogP contribution is 2.28. The number of pyridine rings is 1. The van der Waals surface area contributed by atoms with Gasteiger partial charge in [0.2, 0.25) is 0 Å². The highest BCUT2D eigenvalue weighted by Gasteiger charge is 2.18. The highest BCUT2D eigenvalue weighted by atomic mass is 19.2. The first-order valence-electron chi connectivity index (χ1n) is 8.60. The van der Waals surface area contributed by atoms with Gasteiger partial charge in [-0.15, -0.1) is 0 Å². The van der Waals surface area contributed by atoms with E-state index in [0.717, 1.165) is 12.1 Å². The van der Waals surface area contributed by atoms with Gasteiger partial charge in [0.05, 0.1) is 16.7 Å². The van der Waals surface area contributed by atoms with Crippen molar-refractivity contribution in [3.8, 4) is 5.82 Å². The Morgan fingerprint density at radius 1 is 1.00 bits per heavy atom. The Morgan fingerprint density at radius 3 is 2.38 bits per heavy atom. The molecule has 29 heavy (non-hydrogen) atoms. The lowest BCUT2D eigenvalue weighted by atomic mass is 10.2. The quantitative estimate of drug-likeness (QED) is 0.475. The van der Waals surface area contributed by atoms with Gasteiger partial charge in [0, 0.05) is 23.9 Å². The molecule has 9 heteroatoms. The summed E-state index contributed by atoms with van der Waals surface area (Å²) in [4.78, 5) is 8.45. The van der Waals surface area contributed by atoms with Gasteiger partial charge >= 0.3 is 0 Å². The first-order valence-corrected chi connectivity index (χ1v) is 8.60. The number of anilines is 3. The first-order chi connectivity index (χ1) is 13.9. The van der Waals surface area contributed by atoms with Gasteiger partial charge in [0.1, 0.15) is 18.3 Å². The third kappa shape index (κ3) is 3.35. The largest absolute Gasteiger partial charge is 0.396 e. The summed E-state index contributed by atoms with van der Waals surface area (Å²) in [5.41, 5.74) is 7.05. The molecule has 0 atom stereocenters. The number of nitrogens with zero attached hydrogens (tertiary/aromatic N) is 3. The maximum absolute atomic E-state index is 14.5. The summed E-state index contributed by atoms with van der Waals surface area (Å²) in [6.07, 6.45) is 0. The van der Waals surface area contributed by atoms with Crippen molar-refractivity contribution in [3.63, 3.8) is 0 Å². The molecule has 4 rings (SSSR count). The monoisotopic (exact) mass is 401 g/mol. The Kier molecular flexibility index (Phi) is 4.57. The minimum absolute atomic E-state index is 0.170. The van der Waals surface area contributed by atoms with Crippen LogP contribution in [0.5, 0.6) is 0 Å². The van der Waals surface area contributed by atoms with Crippen LogP contribution in [0, 0.1) is 24.4 Å². The maximum atomic E-state index is 14.5. The number of hydrogen-bond acceptors (Lipinski definition) is 4. The molecule has 0 spiro atoms. The van der Waals surface area contributed by atoms with Crippen LogP contribution in [0.4, 0.5) is 34.8 Å². The van der Waals surface area contributed by atoms with E-state index in [0.29, 0.717) is 17.1 Å². The van der Waals surface area contributed by atoms with Crippen LogP contribution in [-0.2, 0) is 6.67 Å². The number of rotatable bonds is 4. The van der Waals surface area contributed by atoms with Crippen LogP contribution in [0.2, 0.25) is 0 Å². The van der Waals surface area contributed by atoms with Gasteiger partial charge in [-0.1, -0.05) is 12.1 Å². The highest BCUT2D eigenvalue weighted by molar-refractivity contribution is 5.79. The van der Waals surface area contributed by atoms with Crippen molar-refractivity contribution in [2.75, 3.05) is 11.1 Å². The molecule has 0 radical (unpaired) electrons. The zero-order chi connectivity index (χ0) is 20.7. The molecule has 148 valence electrons. The number of fused-ring (bicyclic) bond motifs is 1. The molecule has 3 N–H and O–H groups in total. The lowest BCUT2D eigenvalue weighted by Crippen LogP contribution is -2.07. The molecule has 0 aliphatic rings. The topological polar surface area (TPSA) is 68.8 Å².